The molecule has 31 heavy (non-hydrogen) atoms. The Labute approximate surface area is 184 Å². The molecule has 0 aliphatic carbocycles. The number of alkyl carbamates (subject to hydrolysis) is 1. The number of hydrogen-bond donors (Lipinski definition) is 2. The molecule has 0 heterocycles. The number of carbonyl (C=O) groups is 2. The van der Waals surface area contributed by atoms with E-state index in [4.69, 9.17) is 18.7 Å². The molecule has 0 radical (unpaired) electrons. The SMILES string of the molecule is CCOC(O)CCC(NC(=O)OC(C)OC(=O)C(C)C)C(COP=O)c1ccccc1. The summed E-state index contributed by atoms with van der Waals surface area (Å²) in [6.07, 6.45) is -2.28. The van der Waals surface area contributed by atoms with Crippen LogP contribution in [0.25, 0.3) is 0 Å². The van der Waals surface area contributed by atoms with Crippen molar-refractivity contribution in [2.24, 2.45) is 5.92 Å². The fraction of sp³-hybridized carbons (Fsp3) is 0.619. The minimum absolute atomic E-state index is 0.0582. The van der Waals surface area contributed by atoms with Crippen LogP contribution in [0, 0.1) is 5.92 Å². The Balaban J connectivity index is 2.93. The van der Waals surface area contributed by atoms with Crippen LogP contribution in [-0.4, -0.2) is 49.0 Å². The molecule has 0 aliphatic rings. The van der Waals surface area contributed by atoms with E-state index in [9.17, 15) is 19.3 Å². The van der Waals surface area contributed by atoms with Crippen molar-refractivity contribution < 1.29 is 38.0 Å². The summed E-state index contributed by atoms with van der Waals surface area (Å²) in [7, 11) is -0.483. The fourth-order valence-corrected chi connectivity index (χ4v) is 3.11. The van der Waals surface area contributed by atoms with Gasteiger partial charge in [0.05, 0.1) is 12.5 Å². The molecule has 0 saturated heterocycles. The lowest BCUT2D eigenvalue weighted by atomic mass is 9.89. The van der Waals surface area contributed by atoms with E-state index in [0.29, 0.717) is 13.0 Å². The van der Waals surface area contributed by atoms with Crippen molar-refractivity contribution in [3.05, 3.63) is 35.9 Å². The smallest absolute Gasteiger partial charge is 0.410 e. The predicted molar refractivity (Wildman–Crippen MR) is 113 cm³/mol. The van der Waals surface area contributed by atoms with E-state index in [2.05, 4.69) is 5.32 Å². The third-order valence-electron chi connectivity index (χ3n) is 4.43. The Morgan fingerprint density at radius 2 is 1.77 bits per heavy atom. The topological polar surface area (TPSA) is 120 Å². The van der Waals surface area contributed by atoms with Crippen molar-refractivity contribution in [1.29, 1.82) is 0 Å². The average molecular weight is 457 g/mol. The molecule has 0 bridgehead atoms. The maximum atomic E-state index is 12.5. The summed E-state index contributed by atoms with van der Waals surface area (Å²) in [4.78, 5) is 24.2. The minimum Gasteiger partial charge on any atom is -0.425 e. The molecule has 0 fully saturated rings. The molecule has 0 aromatic heterocycles. The Bertz CT molecular complexity index is 673. The molecule has 1 aromatic rings. The van der Waals surface area contributed by atoms with E-state index in [1.165, 1.54) is 6.92 Å². The first-order valence-electron chi connectivity index (χ1n) is 10.2. The van der Waals surface area contributed by atoms with Crippen LogP contribution in [0.1, 0.15) is 52.0 Å². The second-order valence-electron chi connectivity index (χ2n) is 7.19. The summed E-state index contributed by atoms with van der Waals surface area (Å²) in [5, 5.41) is 12.7. The fourth-order valence-electron chi connectivity index (χ4n) is 2.89. The standard InChI is InChI=1S/C21H32NO8P/c1-5-27-19(23)12-11-18(17(13-28-31-26)16-9-7-6-8-10-16)22-21(25)30-15(4)29-20(24)14(2)3/h6-10,14-15,17-19,23H,5,11-13H2,1-4H3,(H,22,25). The molecular weight excluding hydrogens is 425 g/mol. The molecule has 0 saturated carbocycles. The second-order valence-corrected chi connectivity index (χ2v) is 7.60. The zero-order chi connectivity index (χ0) is 23.2. The van der Waals surface area contributed by atoms with Crippen LogP contribution in [0.3, 0.4) is 0 Å². The van der Waals surface area contributed by atoms with E-state index in [0.717, 1.165) is 5.56 Å². The quantitative estimate of drug-likeness (QED) is 0.246. The first kappa shape index (κ1) is 27.0. The summed E-state index contributed by atoms with van der Waals surface area (Å²) in [6.45, 7) is 6.97. The van der Waals surface area contributed by atoms with Gasteiger partial charge in [-0.25, -0.2) is 9.36 Å². The van der Waals surface area contributed by atoms with E-state index in [1.54, 1.807) is 20.8 Å². The summed E-state index contributed by atoms with van der Waals surface area (Å²) in [5.74, 6) is -1.22. The largest absolute Gasteiger partial charge is 0.425 e. The van der Waals surface area contributed by atoms with Gasteiger partial charge >= 0.3 is 20.7 Å². The predicted octanol–water partition coefficient (Wildman–Crippen LogP) is 3.77. The first-order valence-corrected chi connectivity index (χ1v) is 11.0. The zero-order valence-corrected chi connectivity index (χ0v) is 19.2. The Morgan fingerprint density at radius 1 is 1.10 bits per heavy atom. The number of hydrogen-bond acceptors (Lipinski definition) is 8. The number of carbonyl (C=O) groups excluding carboxylic acids is 2. The van der Waals surface area contributed by atoms with Crippen molar-refractivity contribution >= 4 is 20.7 Å². The molecule has 174 valence electrons. The van der Waals surface area contributed by atoms with Crippen LogP contribution in [0.5, 0.6) is 0 Å². The minimum atomic E-state index is -1.07. The van der Waals surface area contributed by atoms with Gasteiger partial charge in [0.1, 0.15) is 0 Å². The number of benzene rings is 1. The van der Waals surface area contributed by atoms with Crippen LogP contribution >= 0.6 is 8.69 Å². The van der Waals surface area contributed by atoms with Crippen molar-refractivity contribution in [1.82, 2.24) is 5.32 Å². The highest BCUT2D eigenvalue weighted by Gasteiger charge is 2.28. The molecule has 1 amide bonds. The third kappa shape index (κ3) is 10.7. The molecule has 0 spiro atoms. The average Bonchev–Trinajstić information content (AvgIpc) is 2.72. The second kappa shape index (κ2) is 14.9. The third-order valence-corrected chi connectivity index (χ3v) is 4.69. The van der Waals surface area contributed by atoms with Gasteiger partial charge in [0, 0.05) is 31.9 Å². The molecule has 4 atom stereocenters. The molecule has 1 rings (SSSR count). The van der Waals surface area contributed by atoms with Crippen molar-refractivity contribution in [2.75, 3.05) is 13.2 Å². The highest BCUT2D eigenvalue weighted by molar-refractivity contribution is 7.17. The van der Waals surface area contributed by atoms with Crippen molar-refractivity contribution in [3.63, 3.8) is 0 Å². The molecule has 9 nitrogen and oxygen atoms in total. The maximum Gasteiger partial charge on any atom is 0.410 e. The summed E-state index contributed by atoms with van der Waals surface area (Å²) < 4.78 is 31.4. The normalized spacial score (nSPS) is 15.2. The number of esters is 1. The highest BCUT2D eigenvalue weighted by Crippen LogP contribution is 2.25. The lowest BCUT2D eigenvalue weighted by Gasteiger charge is -2.28. The van der Waals surface area contributed by atoms with Gasteiger partial charge in [0.2, 0.25) is 6.29 Å². The number of amides is 1. The van der Waals surface area contributed by atoms with Gasteiger partial charge in [0.15, 0.2) is 6.29 Å². The molecule has 2 N–H and O–H groups in total. The van der Waals surface area contributed by atoms with Gasteiger partial charge in [-0.3, -0.25) is 9.32 Å². The number of rotatable bonds is 14. The van der Waals surface area contributed by atoms with Gasteiger partial charge < -0.3 is 24.6 Å². The van der Waals surface area contributed by atoms with Crippen molar-refractivity contribution in [3.8, 4) is 0 Å². The van der Waals surface area contributed by atoms with Crippen LogP contribution < -0.4 is 5.32 Å². The van der Waals surface area contributed by atoms with Crippen LogP contribution in [0.15, 0.2) is 30.3 Å². The van der Waals surface area contributed by atoms with Gasteiger partial charge in [-0.2, -0.15) is 0 Å². The molecule has 10 heteroatoms. The van der Waals surface area contributed by atoms with Gasteiger partial charge in [0.25, 0.3) is 0 Å². The number of ether oxygens (including phenoxy) is 3. The lowest BCUT2D eigenvalue weighted by molar-refractivity contribution is -0.168. The lowest BCUT2D eigenvalue weighted by Crippen LogP contribution is -2.43. The van der Waals surface area contributed by atoms with E-state index < -0.39 is 39.4 Å². The van der Waals surface area contributed by atoms with Crippen LogP contribution in [-0.2, 0) is 28.1 Å². The van der Waals surface area contributed by atoms with Gasteiger partial charge in [-0.15, -0.1) is 0 Å². The number of aliphatic hydroxyl groups is 1. The summed E-state index contributed by atoms with van der Waals surface area (Å²) >= 11 is 0. The van der Waals surface area contributed by atoms with Gasteiger partial charge in [-0.05, 0) is 18.9 Å². The zero-order valence-electron chi connectivity index (χ0n) is 18.4. The molecule has 1 aromatic carbocycles. The van der Waals surface area contributed by atoms with Crippen LogP contribution in [0.4, 0.5) is 4.79 Å². The molecule has 0 aliphatic heterocycles. The summed E-state index contributed by atoms with van der Waals surface area (Å²) in [5.41, 5.74) is 0.849. The highest BCUT2D eigenvalue weighted by atomic mass is 31.1. The molecular formula is C21H32NO8P. The Hall–Kier alpha value is -2.06. The molecule has 4 unspecified atom stereocenters. The van der Waals surface area contributed by atoms with Crippen LogP contribution in [0.2, 0.25) is 0 Å². The van der Waals surface area contributed by atoms with E-state index in [1.807, 2.05) is 30.3 Å². The Morgan fingerprint density at radius 3 is 2.35 bits per heavy atom. The number of aliphatic hydroxyl groups excluding tert-OH is 1. The first-order chi connectivity index (χ1) is 14.8. The summed E-state index contributed by atoms with van der Waals surface area (Å²) in [6, 6.07) is 8.72. The number of nitrogens with one attached hydrogen (secondary N) is 1. The van der Waals surface area contributed by atoms with Crippen molar-refractivity contribution in [2.45, 2.75) is 65.1 Å². The Kier molecular flexibility index (Phi) is 12.9. The monoisotopic (exact) mass is 457 g/mol. The van der Waals surface area contributed by atoms with E-state index in [-0.39, 0.29) is 24.9 Å². The maximum absolute atomic E-state index is 12.5. The van der Waals surface area contributed by atoms with Gasteiger partial charge in [-0.1, -0.05) is 44.2 Å². The van der Waals surface area contributed by atoms with E-state index >= 15 is 0 Å².